The minimum Gasteiger partial charge on any atom is -0.366 e. The number of carbonyl (C=O) groups excluding carboxylic acids is 1. The summed E-state index contributed by atoms with van der Waals surface area (Å²) in [6, 6.07) is 11.6. The number of pyridine rings is 1. The molecule has 0 unspecified atom stereocenters. The van der Waals surface area contributed by atoms with Gasteiger partial charge in [0.1, 0.15) is 0 Å². The van der Waals surface area contributed by atoms with Crippen LogP contribution in [0.15, 0.2) is 48.7 Å². The highest BCUT2D eigenvalue weighted by molar-refractivity contribution is 6.17. The third kappa shape index (κ3) is 3.66. The smallest absolute Gasteiger partial charge is 0.241 e. The first-order valence-electron chi connectivity index (χ1n) is 5.78. The molecule has 0 spiro atoms. The summed E-state index contributed by atoms with van der Waals surface area (Å²) in [5.74, 6) is 0.00633. The van der Waals surface area contributed by atoms with Gasteiger partial charge in [-0.15, -0.1) is 11.6 Å². The molecule has 0 bridgehead atoms. The number of amides is 1. The number of carbonyl (C=O) groups is 1. The van der Waals surface area contributed by atoms with E-state index < -0.39 is 5.91 Å². The van der Waals surface area contributed by atoms with Crippen molar-refractivity contribution in [3.8, 4) is 11.3 Å². The van der Waals surface area contributed by atoms with Crippen LogP contribution in [0.2, 0.25) is 0 Å². The average Bonchev–Trinajstić information content (AvgIpc) is 2.46. The third-order valence-corrected chi connectivity index (χ3v) is 2.93. The van der Waals surface area contributed by atoms with Crippen molar-refractivity contribution in [2.24, 2.45) is 5.73 Å². The zero-order valence-corrected chi connectivity index (χ0v) is 11.0. The molecule has 1 aromatic carbocycles. The summed E-state index contributed by atoms with van der Waals surface area (Å²) in [5.41, 5.74) is 8.85. The molecule has 4 heteroatoms. The molecule has 0 aliphatic rings. The van der Waals surface area contributed by atoms with E-state index in [0.717, 1.165) is 22.4 Å². The van der Waals surface area contributed by atoms with Crippen molar-refractivity contribution >= 4 is 23.6 Å². The standard InChI is InChI=1S/C15H13ClN2O/c16-9-12-3-7-14(18-10-12)13-5-1-11(2-6-13)4-8-15(17)19/h1-8,10H,9H2,(H2,17,19)/b8-4-. The fraction of sp³-hybridized carbons (Fsp3) is 0.0667. The Morgan fingerprint density at radius 3 is 2.47 bits per heavy atom. The molecule has 0 atom stereocenters. The van der Waals surface area contributed by atoms with E-state index in [2.05, 4.69) is 4.98 Å². The Balaban J connectivity index is 2.19. The topological polar surface area (TPSA) is 56.0 Å². The lowest BCUT2D eigenvalue weighted by Gasteiger charge is -2.02. The van der Waals surface area contributed by atoms with Gasteiger partial charge in [0.25, 0.3) is 0 Å². The summed E-state index contributed by atoms with van der Waals surface area (Å²) >= 11 is 5.72. The van der Waals surface area contributed by atoms with Crippen molar-refractivity contribution in [1.82, 2.24) is 4.98 Å². The first kappa shape index (κ1) is 13.3. The lowest BCUT2D eigenvalue weighted by molar-refractivity contribution is -0.113. The lowest BCUT2D eigenvalue weighted by atomic mass is 10.1. The molecule has 3 nitrogen and oxygen atoms in total. The number of halogens is 1. The van der Waals surface area contributed by atoms with Gasteiger partial charge in [-0.05, 0) is 23.3 Å². The molecule has 0 saturated heterocycles. The molecule has 0 radical (unpaired) electrons. The van der Waals surface area contributed by atoms with Crippen LogP contribution in [0.3, 0.4) is 0 Å². The zero-order valence-electron chi connectivity index (χ0n) is 10.2. The maximum atomic E-state index is 10.6. The van der Waals surface area contributed by atoms with Crippen LogP contribution in [0, 0.1) is 0 Å². The van der Waals surface area contributed by atoms with Crippen molar-refractivity contribution in [2.75, 3.05) is 0 Å². The van der Waals surface area contributed by atoms with E-state index in [0.29, 0.717) is 5.88 Å². The van der Waals surface area contributed by atoms with E-state index in [1.807, 2.05) is 36.4 Å². The Morgan fingerprint density at radius 2 is 1.95 bits per heavy atom. The second kappa shape index (κ2) is 6.16. The van der Waals surface area contributed by atoms with Gasteiger partial charge >= 0.3 is 0 Å². The van der Waals surface area contributed by atoms with Crippen molar-refractivity contribution in [1.29, 1.82) is 0 Å². The van der Waals surface area contributed by atoms with Crippen LogP contribution in [0.25, 0.3) is 17.3 Å². The highest BCUT2D eigenvalue weighted by Crippen LogP contribution is 2.18. The Morgan fingerprint density at radius 1 is 1.21 bits per heavy atom. The van der Waals surface area contributed by atoms with E-state index >= 15 is 0 Å². The van der Waals surface area contributed by atoms with Gasteiger partial charge in [0.15, 0.2) is 0 Å². The van der Waals surface area contributed by atoms with Gasteiger partial charge in [-0.1, -0.05) is 30.3 Å². The van der Waals surface area contributed by atoms with Crippen LogP contribution >= 0.6 is 11.6 Å². The molecule has 96 valence electrons. The molecule has 1 aromatic heterocycles. The van der Waals surface area contributed by atoms with Gasteiger partial charge in [0, 0.05) is 23.7 Å². The van der Waals surface area contributed by atoms with Gasteiger partial charge in [0.05, 0.1) is 5.69 Å². The maximum Gasteiger partial charge on any atom is 0.241 e. The Bertz CT molecular complexity index is 589. The number of hydrogen-bond donors (Lipinski definition) is 1. The summed E-state index contributed by atoms with van der Waals surface area (Å²) in [7, 11) is 0. The number of primary amides is 1. The summed E-state index contributed by atoms with van der Waals surface area (Å²) < 4.78 is 0. The molecule has 1 amide bonds. The average molecular weight is 273 g/mol. The molecule has 19 heavy (non-hydrogen) atoms. The number of nitrogens with two attached hydrogens (primary N) is 1. The van der Waals surface area contributed by atoms with Crippen molar-refractivity contribution in [3.05, 3.63) is 59.8 Å². The summed E-state index contributed by atoms with van der Waals surface area (Å²) in [6.07, 6.45) is 4.78. The van der Waals surface area contributed by atoms with E-state index in [1.165, 1.54) is 6.08 Å². The van der Waals surface area contributed by atoms with Crippen molar-refractivity contribution in [2.45, 2.75) is 5.88 Å². The van der Waals surface area contributed by atoms with Gasteiger partial charge < -0.3 is 5.73 Å². The van der Waals surface area contributed by atoms with Crippen LogP contribution in [0.5, 0.6) is 0 Å². The summed E-state index contributed by atoms with van der Waals surface area (Å²) in [4.78, 5) is 15.0. The molecule has 0 aliphatic heterocycles. The Labute approximate surface area is 116 Å². The van der Waals surface area contributed by atoms with Crippen LogP contribution < -0.4 is 5.73 Å². The molecule has 1 heterocycles. The van der Waals surface area contributed by atoms with Crippen molar-refractivity contribution < 1.29 is 4.79 Å². The Hall–Kier alpha value is -2.13. The van der Waals surface area contributed by atoms with Crippen LogP contribution in [0.4, 0.5) is 0 Å². The second-order valence-electron chi connectivity index (χ2n) is 4.04. The van der Waals surface area contributed by atoms with E-state index in [1.54, 1.807) is 12.3 Å². The Kier molecular flexibility index (Phi) is 4.31. The minimum atomic E-state index is -0.456. The molecular formula is C15H13ClN2O. The summed E-state index contributed by atoms with van der Waals surface area (Å²) in [5, 5.41) is 0. The van der Waals surface area contributed by atoms with E-state index in [9.17, 15) is 4.79 Å². The van der Waals surface area contributed by atoms with Gasteiger partial charge in [-0.2, -0.15) is 0 Å². The second-order valence-corrected chi connectivity index (χ2v) is 4.31. The normalized spacial score (nSPS) is 10.8. The van der Waals surface area contributed by atoms with Gasteiger partial charge in [0.2, 0.25) is 5.91 Å². The highest BCUT2D eigenvalue weighted by atomic mass is 35.5. The number of hydrogen-bond acceptors (Lipinski definition) is 2. The number of aromatic nitrogens is 1. The number of alkyl halides is 1. The monoisotopic (exact) mass is 272 g/mol. The molecule has 2 rings (SSSR count). The van der Waals surface area contributed by atoms with Crippen molar-refractivity contribution in [3.63, 3.8) is 0 Å². The zero-order chi connectivity index (χ0) is 13.7. The first-order valence-corrected chi connectivity index (χ1v) is 6.31. The maximum absolute atomic E-state index is 10.6. The van der Waals surface area contributed by atoms with Gasteiger partial charge in [-0.25, -0.2) is 0 Å². The third-order valence-electron chi connectivity index (χ3n) is 2.63. The molecule has 0 saturated carbocycles. The molecule has 0 fully saturated rings. The first-order chi connectivity index (χ1) is 9.19. The van der Waals surface area contributed by atoms with Crippen LogP contribution in [0.1, 0.15) is 11.1 Å². The summed E-state index contributed by atoms with van der Waals surface area (Å²) in [6.45, 7) is 0. The number of rotatable bonds is 4. The SMILES string of the molecule is NC(=O)/C=C\c1ccc(-c2ccc(CCl)cn2)cc1. The van der Waals surface area contributed by atoms with Gasteiger partial charge in [-0.3, -0.25) is 9.78 Å². The van der Waals surface area contributed by atoms with Crippen LogP contribution in [-0.4, -0.2) is 10.9 Å². The molecule has 2 aromatic rings. The molecule has 0 aliphatic carbocycles. The largest absolute Gasteiger partial charge is 0.366 e. The van der Waals surface area contributed by atoms with E-state index in [-0.39, 0.29) is 0 Å². The minimum absolute atomic E-state index is 0.456. The molecular weight excluding hydrogens is 260 g/mol. The highest BCUT2D eigenvalue weighted by Gasteiger charge is 1.99. The predicted octanol–water partition coefficient (Wildman–Crippen LogP) is 2.99. The number of nitrogens with zero attached hydrogens (tertiary/aromatic N) is 1. The fourth-order valence-electron chi connectivity index (χ4n) is 1.62. The quantitative estimate of drug-likeness (QED) is 0.687. The predicted molar refractivity (Wildman–Crippen MR) is 77.5 cm³/mol. The lowest BCUT2D eigenvalue weighted by Crippen LogP contribution is -2.04. The van der Waals surface area contributed by atoms with Crippen LogP contribution in [-0.2, 0) is 10.7 Å². The molecule has 2 N–H and O–H groups in total. The fourth-order valence-corrected chi connectivity index (χ4v) is 1.78. The number of benzene rings is 1. The van der Waals surface area contributed by atoms with E-state index in [4.69, 9.17) is 17.3 Å².